The number of ketones is 2. The molecule has 0 aliphatic heterocycles. The molecule has 0 saturated carbocycles. The molecule has 0 fully saturated rings. The highest BCUT2D eigenvalue weighted by Gasteiger charge is 2.27. The number of hydrogen-bond acceptors (Lipinski definition) is 3. The molecule has 0 saturated heterocycles. The van der Waals surface area contributed by atoms with Gasteiger partial charge in [0.2, 0.25) is 11.6 Å². The van der Waals surface area contributed by atoms with E-state index in [0.717, 1.165) is 6.08 Å². The predicted molar refractivity (Wildman–Crippen MR) is 52.9 cm³/mol. The van der Waals surface area contributed by atoms with E-state index in [1.54, 1.807) is 19.1 Å². The fourth-order valence-electron chi connectivity index (χ4n) is 1.37. The lowest BCUT2D eigenvalue weighted by atomic mass is 9.91. The van der Waals surface area contributed by atoms with Gasteiger partial charge in [0.15, 0.2) is 0 Å². The summed E-state index contributed by atoms with van der Waals surface area (Å²) in [5.74, 6) is -1.33. The van der Waals surface area contributed by atoms with Gasteiger partial charge in [-0.2, -0.15) is 0 Å². The lowest BCUT2D eigenvalue weighted by Crippen LogP contribution is -2.21. The fraction of sp³-hybridized carbons (Fsp3) is 0.273. The van der Waals surface area contributed by atoms with Crippen molar-refractivity contribution >= 4 is 11.6 Å². The van der Waals surface area contributed by atoms with E-state index in [2.05, 4.69) is 0 Å². The number of Topliss-reactive ketones (excluding diaryl/α,β-unsaturated/α-hetero) is 1. The molecule has 0 aromatic heterocycles. The molecule has 1 rings (SSSR count). The van der Waals surface area contributed by atoms with Crippen molar-refractivity contribution in [2.75, 3.05) is 0 Å². The van der Waals surface area contributed by atoms with Crippen LogP contribution in [0.25, 0.3) is 0 Å². The van der Waals surface area contributed by atoms with E-state index in [1.807, 2.05) is 6.92 Å². The van der Waals surface area contributed by atoms with Crippen LogP contribution in [0.3, 0.4) is 0 Å². The highest BCUT2D eigenvalue weighted by atomic mass is 16.3. The average Bonchev–Trinajstić information content (AvgIpc) is 2.15. The summed E-state index contributed by atoms with van der Waals surface area (Å²) >= 11 is 0. The highest BCUT2D eigenvalue weighted by molar-refractivity contribution is 6.49. The quantitative estimate of drug-likeness (QED) is 0.509. The van der Waals surface area contributed by atoms with Crippen LogP contribution in [0.2, 0.25) is 0 Å². The Hall–Kier alpha value is -1.64. The molecule has 0 aromatic rings. The number of allylic oxidation sites excluding steroid dienone is 4. The second-order valence-electron chi connectivity index (χ2n) is 2.95. The Kier molecular flexibility index (Phi) is 3.02. The predicted octanol–water partition coefficient (Wildman–Crippen LogP) is 1.86. The SMILES string of the molecule is C/C=C1/C(=O)C(=O)C=C(O)/C1=C/CC. The van der Waals surface area contributed by atoms with Gasteiger partial charge in [-0.05, 0) is 13.3 Å². The lowest BCUT2D eigenvalue weighted by molar-refractivity contribution is -0.131. The van der Waals surface area contributed by atoms with Crippen molar-refractivity contribution in [1.82, 2.24) is 0 Å². The van der Waals surface area contributed by atoms with Gasteiger partial charge in [0.25, 0.3) is 0 Å². The van der Waals surface area contributed by atoms with Gasteiger partial charge in [0, 0.05) is 17.2 Å². The number of aliphatic hydroxyl groups excluding tert-OH is 1. The van der Waals surface area contributed by atoms with Crippen molar-refractivity contribution in [3.8, 4) is 0 Å². The minimum absolute atomic E-state index is 0.121. The third-order valence-electron chi connectivity index (χ3n) is 2.00. The van der Waals surface area contributed by atoms with Gasteiger partial charge in [-0.3, -0.25) is 9.59 Å². The molecular formula is C11H12O3. The second-order valence-corrected chi connectivity index (χ2v) is 2.95. The Morgan fingerprint density at radius 3 is 2.50 bits per heavy atom. The molecule has 3 nitrogen and oxygen atoms in total. The molecule has 0 heterocycles. The molecule has 0 bridgehead atoms. The normalized spacial score (nSPS) is 23.1. The summed E-state index contributed by atoms with van der Waals surface area (Å²) in [5.41, 5.74) is 0.747. The summed E-state index contributed by atoms with van der Waals surface area (Å²) < 4.78 is 0. The zero-order chi connectivity index (χ0) is 10.7. The summed E-state index contributed by atoms with van der Waals surface area (Å²) in [7, 11) is 0. The molecule has 0 aromatic carbocycles. The topological polar surface area (TPSA) is 54.4 Å². The van der Waals surface area contributed by atoms with Crippen LogP contribution in [0, 0.1) is 0 Å². The van der Waals surface area contributed by atoms with Crippen LogP contribution in [0.15, 0.2) is 35.1 Å². The van der Waals surface area contributed by atoms with Gasteiger partial charge >= 0.3 is 0 Å². The number of aliphatic hydroxyl groups is 1. The van der Waals surface area contributed by atoms with Crippen molar-refractivity contribution in [1.29, 1.82) is 0 Å². The molecule has 74 valence electrons. The molecule has 14 heavy (non-hydrogen) atoms. The van der Waals surface area contributed by atoms with Crippen molar-refractivity contribution in [2.24, 2.45) is 0 Å². The molecule has 0 spiro atoms. The van der Waals surface area contributed by atoms with E-state index in [4.69, 9.17) is 0 Å². The van der Waals surface area contributed by atoms with Crippen LogP contribution in [0.4, 0.5) is 0 Å². The second kappa shape index (κ2) is 4.05. The summed E-state index contributed by atoms with van der Waals surface area (Å²) in [6.07, 6.45) is 4.94. The summed E-state index contributed by atoms with van der Waals surface area (Å²) in [6, 6.07) is 0. The van der Waals surface area contributed by atoms with E-state index >= 15 is 0 Å². The fourth-order valence-corrected chi connectivity index (χ4v) is 1.37. The number of hydrogen-bond donors (Lipinski definition) is 1. The van der Waals surface area contributed by atoms with E-state index in [1.165, 1.54) is 0 Å². The zero-order valence-electron chi connectivity index (χ0n) is 8.20. The highest BCUT2D eigenvalue weighted by Crippen LogP contribution is 2.24. The first kappa shape index (κ1) is 10.4. The van der Waals surface area contributed by atoms with Gasteiger partial charge in [0.05, 0.1) is 0 Å². The van der Waals surface area contributed by atoms with Gasteiger partial charge < -0.3 is 5.11 Å². The first-order chi connectivity index (χ1) is 6.61. The van der Waals surface area contributed by atoms with Crippen LogP contribution < -0.4 is 0 Å². The van der Waals surface area contributed by atoms with Crippen molar-refractivity contribution in [3.63, 3.8) is 0 Å². The lowest BCUT2D eigenvalue weighted by Gasteiger charge is -2.13. The molecule has 0 unspecified atom stereocenters. The van der Waals surface area contributed by atoms with Gasteiger partial charge in [-0.25, -0.2) is 0 Å². The van der Waals surface area contributed by atoms with E-state index in [-0.39, 0.29) is 11.3 Å². The van der Waals surface area contributed by atoms with E-state index in [9.17, 15) is 14.7 Å². The molecule has 0 amide bonds. The van der Waals surface area contributed by atoms with Crippen molar-refractivity contribution in [2.45, 2.75) is 20.3 Å². The van der Waals surface area contributed by atoms with Crippen LogP contribution in [0.1, 0.15) is 20.3 Å². The Bertz CT molecular complexity index is 370. The average molecular weight is 192 g/mol. The standard InChI is InChI=1S/C11H12O3/c1-3-5-8-7(4-2)11(14)10(13)6-9(8)12/h4-6,12H,3H2,1-2H3/b7-4+,8-5+. The van der Waals surface area contributed by atoms with Crippen LogP contribution in [0.5, 0.6) is 0 Å². The number of carbonyl (C=O) groups excluding carboxylic acids is 2. The monoisotopic (exact) mass is 192 g/mol. The van der Waals surface area contributed by atoms with Crippen LogP contribution in [-0.2, 0) is 9.59 Å². The summed E-state index contributed by atoms with van der Waals surface area (Å²) in [6.45, 7) is 3.57. The van der Waals surface area contributed by atoms with E-state index < -0.39 is 11.6 Å². The molecule has 1 aliphatic rings. The largest absolute Gasteiger partial charge is 0.507 e. The molecule has 1 aliphatic carbocycles. The molecule has 0 radical (unpaired) electrons. The van der Waals surface area contributed by atoms with E-state index in [0.29, 0.717) is 12.0 Å². The molecule has 3 heteroatoms. The maximum absolute atomic E-state index is 11.4. The van der Waals surface area contributed by atoms with Crippen molar-refractivity contribution in [3.05, 3.63) is 35.1 Å². The van der Waals surface area contributed by atoms with Crippen molar-refractivity contribution < 1.29 is 14.7 Å². The Morgan fingerprint density at radius 2 is 2.00 bits per heavy atom. The Labute approximate surface area is 82.4 Å². The molecule has 1 N–H and O–H groups in total. The number of rotatable bonds is 1. The smallest absolute Gasteiger partial charge is 0.233 e. The summed E-state index contributed by atoms with van der Waals surface area (Å²) in [5, 5.41) is 9.47. The third kappa shape index (κ3) is 1.66. The number of carbonyl (C=O) groups is 2. The Morgan fingerprint density at radius 1 is 1.36 bits per heavy atom. The third-order valence-corrected chi connectivity index (χ3v) is 2.00. The van der Waals surface area contributed by atoms with Gasteiger partial charge in [-0.1, -0.05) is 19.1 Å². The zero-order valence-corrected chi connectivity index (χ0v) is 8.20. The maximum atomic E-state index is 11.4. The maximum Gasteiger partial charge on any atom is 0.233 e. The molecule has 0 atom stereocenters. The Balaban J connectivity index is 3.29. The van der Waals surface area contributed by atoms with Gasteiger partial charge in [-0.15, -0.1) is 0 Å². The first-order valence-corrected chi connectivity index (χ1v) is 4.48. The first-order valence-electron chi connectivity index (χ1n) is 4.48. The minimum Gasteiger partial charge on any atom is -0.507 e. The molecular weight excluding hydrogens is 180 g/mol. The minimum atomic E-state index is -0.663. The summed E-state index contributed by atoms with van der Waals surface area (Å²) in [4.78, 5) is 22.4. The van der Waals surface area contributed by atoms with Crippen LogP contribution >= 0.6 is 0 Å². The van der Waals surface area contributed by atoms with Gasteiger partial charge in [0.1, 0.15) is 5.76 Å². The van der Waals surface area contributed by atoms with Crippen LogP contribution in [-0.4, -0.2) is 16.7 Å².